The van der Waals surface area contributed by atoms with E-state index in [4.69, 9.17) is 4.74 Å². The van der Waals surface area contributed by atoms with E-state index in [0.29, 0.717) is 6.61 Å². The predicted octanol–water partition coefficient (Wildman–Crippen LogP) is 3.09. The summed E-state index contributed by atoms with van der Waals surface area (Å²) in [5.74, 6) is 0.209. The van der Waals surface area contributed by atoms with Crippen LogP contribution in [0.5, 0.6) is 0 Å². The smallest absolute Gasteiger partial charge is 0.164 e. The van der Waals surface area contributed by atoms with Crippen LogP contribution in [0, 0.1) is 11.8 Å². The minimum Gasteiger partial charge on any atom is -0.385 e. The van der Waals surface area contributed by atoms with Crippen LogP contribution in [-0.2, 0) is 9.53 Å². The Labute approximate surface area is 116 Å². The van der Waals surface area contributed by atoms with Crippen molar-refractivity contribution in [3.63, 3.8) is 0 Å². The number of ether oxygens (including phenoxy) is 1. The molecule has 1 saturated carbocycles. The van der Waals surface area contributed by atoms with Crippen LogP contribution < -0.4 is 0 Å². The summed E-state index contributed by atoms with van der Waals surface area (Å²) in [6.07, 6.45) is 7.23. The van der Waals surface area contributed by atoms with Gasteiger partial charge in [0.25, 0.3) is 0 Å². The Hall–Kier alpha value is -0.410. The van der Waals surface area contributed by atoms with Crippen molar-refractivity contribution in [2.75, 3.05) is 6.61 Å². The quantitative estimate of drug-likeness (QED) is 0.833. The van der Waals surface area contributed by atoms with Gasteiger partial charge in [0.2, 0.25) is 0 Å². The number of aliphatic hydroxyl groups is 1. The Morgan fingerprint density at radius 1 is 1.32 bits per heavy atom. The largest absolute Gasteiger partial charge is 0.385 e. The molecule has 2 aliphatic rings. The average molecular weight is 268 g/mol. The van der Waals surface area contributed by atoms with Crippen molar-refractivity contribution in [1.29, 1.82) is 0 Å². The van der Waals surface area contributed by atoms with E-state index < -0.39 is 6.10 Å². The van der Waals surface area contributed by atoms with Gasteiger partial charge < -0.3 is 9.84 Å². The highest BCUT2D eigenvalue weighted by atomic mass is 16.5. The molecule has 0 aromatic rings. The summed E-state index contributed by atoms with van der Waals surface area (Å²) in [7, 11) is 0. The SMILES string of the molecule is CCC(CC)C(O)C(=O)C1CCOC2(CCCC2)C1. The van der Waals surface area contributed by atoms with Crippen molar-refractivity contribution in [2.45, 2.75) is 76.9 Å². The summed E-state index contributed by atoms with van der Waals surface area (Å²) in [6, 6.07) is 0. The van der Waals surface area contributed by atoms with E-state index in [0.717, 1.165) is 38.5 Å². The zero-order valence-electron chi connectivity index (χ0n) is 12.4. The fraction of sp³-hybridized carbons (Fsp3) is 0.938. The van der Waals surface area contributed by atoms with E-state index in [1.165, 1.54) is 12.8 Å². The molecule has 0 bridgehead atoms. The second-order valence-electron chi connectivity index (χ2n) is 6.35. The van der Waals surface area contributed by atoms with Gasteiger partial charge in [0, 0.05) is 12.5 Å². The lowest BCUT2D eigenvalue weighted by molar-refractivity contribution is -0.146. The van der Waals surface area contributed by atoms with Gasteiger partial charge in [-0.05, 0) is 31.6 Å². The molecule has 1 spiro atoms. The third-order valence-electron chi connectivity index (χ3n) is 5.20. The molecule has 1 aliphatic heterocycles. The van der Waals surface area contributed by atoms with E-state index in [1.807, 2.05) is 13.8 Å². The molecule has 2 unspecified atom stereocenters. The van der Waals surface area contributed by atoms with Gasteiger partial charge in [-0.1, -0.05) is 39.5 Å². The first kappa shape index (κ1) is 15.0. The van der Waals surface area contributed by atoms with Crippen molar-refractivity contribution in [3.8, 4) is 0 Å². The molecule has 0 radical (unpaired) electrons. The summed E-state index contributed by atoms with van der Waals surface area (Å²) < 4.78 is 5.97. The minimum absolute atomic E-state index is 0.0162. The maximum Gasteiger partial charge on any atom is 0.164 e. The monoisotopic (exact) mass is 268 g/mol. The molecular weight excluding hydrogens is 240 g/mol. The summed E-state index contributed by atoms with van der Waals surface area (Å²) in [6.45, 7) is 4.78. The highest BCUT2D eigenvalue weighted by Crippen LogP contribution is 2.42. The topological polar surface area (TPSA) is 46.5 Å². The van der Waals surface area contributed by atoms with E-state index in [-0.39, 0.29) is 23.2 Å². The molecule has 2 atom stereocenters. The predicted molar refractivity (Wildman–Crippen MR) is 75.0 cm³/mol. The van der Waals surface area contributed by atoms with Gasteiger partial charge in [0.15, 0.2) is 5.78 Å². The Balaban J connectivity index is 1.98. The van der Waals surface area contributed by atoms with Gasteiger partial charge in [0.1, 0.15) is 6.10 Å². The zero-order valence-corrected chi connectivity index (χ0v) is 12.4. The molecule has 2 rings (SSSR count). The molecule has 1 saturated heterocycles. The van der Waals surface area contributed by atoms with Crippen LogP contribution in [-0.4, -0.2) is 29.2 Å². The van der Waals surface area contributed by atoms with Crippen LogP contribution in [0.15, 0.2) is 0 Å². The number of carbonyl (C=O) groups is 1. The summed E-state index contributed by atoms with van der Waals surface area (Å²) >= 11 is 0. The van der Waals surface area contributed by atoms with Gasteiger partial charge in [-0.15, -0.1) is 0 Å². The van der Waals surface area contributed by atoms with Crippen LogP contribution in [0.3, 0.4) is 0 Å². The maximum atomic E-state index is 12.5. The van der Waals surface area contributed by atoms with Crippen LogP contribution in [0.4, 0.5) is 0 Å². The number of ketones is 1. The normalized spacial score (nSPS) is 27.9. The summed E-state index contributed by atoms with van der Waals surface area (Å²) in [4.78, 5) is 12.5. The highest BCUT2D eigenvalue weighted by molar-refractivity contribution is 5.85. The molecule has 0 amide bonds. The van der Waals surface area contributed by atoms with Gasteiger partial charge in [-0.2, -0.15) is 0 Å². The van der Waals surface area contributed by atoms with Crippen molar-refractivity contribution >= 4 is 5.78 Å². The minimum atomic E-state index is -0.767. The molecule has 3 heteroatoms. The molecule has 1 heterocycles. The first-order chi connectivity index (χ1) is 9.12. The fourth-order valence-corrected chi connectivity index (χ4v) is 3.85. The number of hydrogen-bond acceptors (Lipinski definition) is 3. The molecule has 19 heavy (non-hydrogen) atoms. The molecule has 110 valence electrons. The van der Waals surface area contributed by atoms with Crippen molar-refractivity contribution in [2.24, 2.45) is 11.8 Å². The van der Waals surface area contributed by atoms with Crippen LogP contribution in [0.1, 0.15) is 65.2 Å². The fourth-order valence-electron chi connectivity index (χ4n) is 3.85. The van der Waals surface area contributed by atoms with Crippen molar-refractivity contribution in [1.82, 2.24) is 0 Å². The third-order valence-corrected chi connectivity index (χ3v) is 5.20. The van der Waals surface area contributed by atoms with Crippen LogP contribution >= 0.6 is 0 Å². The number of rotatable bonds is 5. The van der Waals surface area contributed by atoms with Gasteiger partial charge in [-0.3, -0.25) is 4.79 Å². The lowest BCUT2D eigenvalue weighted by Crippen LogP contribution is -2.43. The lowest BCUT2D eigenvalue weighted by atomic mass is 9.78. The summed E-state index contributed by atoms with van der Waals surface area (Å²) in [5, 5.41) is 10.3. The second-order valence-corrected chi connectivity index (χ2v) is 6.35. The van der Waals surface area contributed by atoms with Crippen LogP contribution in [0.2, 0.25) is 0 Å². The van der Waals surface area contributed by atoms with Gasteiger partial charge in [-0.25, -0.2) is 0 Å². The lowest BCUT2D eigenvalue weighted by Gasteiger charge is -2.38. The molecule has 1 N–H and O–H groups in total. The van der Waals surface area contributed by atoms with E-state index in [2.05, 4.69) is 0 Å². The van der Waals surface area contributed by atoms with Gasteiger partial charge in [0.05, 0.1) is 5.60 Å². The number of aliphatic hydroxyl groups excluding tert-OH is 1. The van der Waals surface area contributed by atoms with E-state index in [9.17, 15) is 9.90 Å². The van der Waals surface area contributed by atoms with Crippen LogP contribution in [0.25, 0.3) is 0 Å². The first-order valence-electron chi connectivity index (χ1n) is 7.97. The number of carbonyl (C=O) groups excluding carboxylic acids is 1. The number of Topliss-reactive ketones (excluding diaryl/α,β-unsaturated/α-hetero) is 1. The average Bonchev–Trinajstić information content (AvgIpc) is 2.87. The Kier molecular flexibility index (Phi) is 5.02. The molecule has 2 fully saturated rings. The van der Waals surface area contributed by atoms with E-state index >= 15 is 0 Å². The van der Waals surface area contributed by atoms with E-state index in [1.54, 1.807) is 0 Å². The zero-order chi connectivity index (χ0) is 13.9. The summed E-state index contributed by atoms with van der Waals surface area (Å²) in [5.41, 5.74) is -0.0355. The molecule has 0 aromatic heterocycles. The van der Waals surface area contributed by atoms with Crippen molar-refractivity contribution in [3.05, 3.63) is 0 Å². The van der Waals surface area contributed by atoms with Crippen molar-refractivity contribution < 1.29 is 14.6 Å². The standard InChI is InChI=1S/C16H28O3/c1-3-12(4-2)14(17)15(18)13-7-10-19-16(11-13)8-5-6-9-16/h12-14,17H,3-11H2,1-2H3. The number of hydrogen-bond donors (Lipinski definition) is 1. The first-order valence-corrected chi connectivity index (χ1v) is 7.97. The highest BCUT2D eigenvalue weighted by Gasteiger charge is 2.43. The van der Waals surface area contributed by atoms with Gasteiger partial charge >= 0.3 is 0 Å². The Morgan fingerprint density at radius 3 is 2.53 bits per heavy atom. The molecule has 3 nitrogen and oxygen atoms in total. The Bertz CT molecular complexity index is 303. The maximum absolute atomic E-state index is 12.5. The second kappa shape index (κ2) is 6.36. The Morgan fingerprint density at radius 2 is 1.95 bits per heavy atom. The third kappa shape index (κ3) is 3.19. The molecule has 1 aliphatic carbocycles. The molecule has 0 aromatic carbocycles. The molecular formula is C16H28O3.